The van der Waals surface area contributed by atoms with Crippen molar-refractivity contribution in [1.82, 2.24) is 15.6 Å². The van der Waals surface area contributed by atoms with E-state index in [1.807, 2.05) is 14.1 Å². The maximum Gasteiger partial charge on any atom is 0.216 e. The Bertz CT molecular complexity index is 732. The summed E-state index contributed by atoms with van der Waals surface area (Å²) in [7, 11) is 4.10. The second-order valence-corrected chi connectivity index (χ2v) is 7.80. The van der Waals surface area contributed by atoms with Gasteiger partial charge < -0.3 is 20.0 Å². The van der Waals surface area contributed by atoms with Crippen molar-refractivity contribution in [2.75, 3.05) is 32.1 Å². The summed E-state index contributed by atoms with van der Waals surface area (Å²) >= 11 is 0. The van der Waals surface area contributed by atoms with E-state index in [0.717, 1.165) is 31.2 Å². The third-order valence-corrected chi connectivity index (χ3v) is 4.17. The zero-order valence-corrected chi connectivity index (χ0v) is 20.2. The molecule has 0 amide bonds. The van der Waals surface area contributed by atoms with Gasteiger partial charge in [0.25, 0.3) is 0 Å². The average Bonchev–Trinajstić information content (AvgIpc) is 3.09. The summed E-state index contributed by atoms with van der Waals surface area (Å²) in [6.45, 7) is 10.4. The van der Waals surface area contributed by atoms with E-state index in [4.69, 9.17) is 4.42 Å². The second-order valence-electron chi connectivity index (χ2n) is 7.80. The number of aliphatic imine (C=N–C) groups is 1. The fourth-order valence-corrected chi connectivity index (χ4v) is 2.50. The van der Waals surface area contributed by atoms with Gasteiger partial charge in [-0.3, -0.25) is 0 Å². The summed E-state index contributed by atoms with van der Waals surface area (Å²) in [6.07, 6.45) is 2.73. The van der Waals surface area contributed by atoms with Gasteiger partial charge in [-0.25, -0.2) is 9.98 Å². The summed E-state index contributed by atoms with van der Waals surface area (Å²) in [4.78, 5) is 11.0. The van der Waals surface area contributed by atoms with Crippen LogP contribution in [0, 0.1) is 0 Å². The zero-order chi connectivity index (χ0) is 19.9. The van der Waals surface area contributed by atoms with Gasteiger partial charge in [0.1, 0.15) is 12.3 Å². The van der Waals surface area contributed by atoms with Crippen molar-refractivity contribution in [1.29, 1.82) is 0 Å². The first kappa shape index (κ1) is 24.3. The predicted octanol–water partition coefficient (Wildman–Crippen LogP) is 3.95. The van der Waals surface area contributed by atoms with E-state index in [1.54, 1.807) is 6.20 Å². The molecule has 156 valence electrons. The van der Waals surface area contributed by atoms with Crippen LogP contribution in [0.4, 0.5) is 5.69 Å². The van der Waals surface area contributed by atoms with Crippen LogP contribution in [0.25, 0.3) is 0 Å². The van der Waals surface area contributed by atoms with E-state index in [9.17, 15) is 0 Å². The largest absolute Gasteiger partial charge is 0.443 e. The van der Waals surface area contributed by atoms with Crippen LogP contribution in [0.3, 0.4) is 0 Å². The highest BCUT2D eigenvalue weighted by Crippen LogP contribution is 2.22. The standard InChI is InChI=1S/C21H33N5O.HI/c1-7-22-20(25-15-19-24-14-18(27-19)21(2,3)4)23-13-12-16-8-10-17(11-9-16)26(5)6;/h8-11,14H,7,12-13,15H2,1-6H3,(H2,22,23,25);1H. The summed E-state index contributed by atoms with van der Waals surface area (Å²) in [6, 6.07) is 8.62. The number of halogens is 1. The lowest BCUT2D eigenvalue weighted by molar-refractivity contribution is 0.383. The molecule has 0 aliphatic rings. The topological polar surface area (TPSA) is 65.7 Å². The number of hydrogen-bond donors (Lipinski definition) is 2. The van der Waals surface area contributed by atoms with Crippen LogP contribution < -0.4 is 15.5 Å². The molecule has 0 unspecified atom stereocenters. The van der Waals surface area contributed by atoms with E-state index >= 15 is 0 Å². The fourth-order valence-electron chi connectivity index (χ4n) is 2.50. The van der Waals surface area contributed by atoms with Crippen LogP contribution in [0.15, 0.2) is 39.9 Å². The number of hydrogen-bond acceptors (Lipinski definition) is 4. The second kappa shape index (κ2) is 11.3. The Morgan fingerprint density at radius 2 is 1.82 bits per heavy atom. The molecule has 0 aliphatic carbocycles. The van der Waals surface area contributed by atoms with Gasteiger partial charge in [0.05, 0.1) is 6.20 Å². The molecule has 0 atom stereocenters. The number of rotatable bonds is 7. The number of nitrogens with one attached hydrogen (secondary N) is 2. The van der Waals surface area contributed by atoms with E-state index in [2.05, 4.69) is 77.5 Å². The van der Waals surface area contributed by atoms with Gasteiger partial charge in [-0.2, -0.15) is 0 Å². The van der Waals surface area contributed by atoms with E-state index in [-0.39, 0.29) is 29.4 Å². The minimum absolute atomic E-state index is 0. The van der Waals surface area contributed by atoms with Crippen molar-refractivity contribution in [3.8, 4) is 0 Å². The SMILES string of the molecule is CCNC(=NCc1ncc(C(C)(C)C)o1)NCCc1ccc(N(C)C)cc1.I. The molecule has 1 aromatic heterocycles. The number of oxazole rings is 1. The predicted molar refractivity (Wildman–Crippen MR) is 128 cm³/mol. The Balaban J connectivity index is 0.00000392. The Kier molecular flexibility index (Phi) is 9.78. The first-order valence-electron chi connectivity index (χ1n) is 9.53. The summed E-state index contributed by atoms with van der Waals surface area (Å²) in [5.41, 5.74) is 2.47. The Morgan fingerprint density at radius 1 is 1.14 bits per heavy atom. The molecule has 7 heteroatoms. The van der Waals surface area contributed by atoms with E-state index < -0.39 is 0 Å². The van der Waals surface area contributed by atoms with E-state index in [1.165, 1.54) is 11.3 Å². The highest BCUT2D eigenvalue weighted by molar-refractivity contribution is 14.0. The van der Waals surface area contributed by atoms with Gasteiger partial charge in [-0.15, -0.1) is 24.0 Å². The normalized spacial score (nSPS) is 11.7. The molecule has 1 aromatic carbocycles. The van der Waals surface area contributed by atoms with Gasteiger partial charge in [0, 0.05) is 38.3 Å². The summed E-state index contributed by atoms with van der Waals surface area (Å²) in [5.74, 6) is 2.29. The molecular weight excluding hydrogens is 465 g/mol. The van der Waals surface area contributed by atoms with Crippen LogP contribution in [0.5, 0.6) is 0 Å². The first-order valence-corrected chi connectivity index (χ1v) is 9.53. The lowest BCUT2D eigenvalue weighted by Gasteiger charge is -2.14. The van der Waals surface area contributed by atoms with Crippen LogP contribution in [0.1, 0.15) is 44.9 Å². The van der Waals surface area contributed by atoms with Crippen molar-refractivity contribution in [3.63, 3.8) is 0 Å². The molecule has 1 heterocycles. The van der Waals surface area contributed by atoms with Crippen molar-refractivity contribution in [2.45, 2.75) is 46.1 Å². The molecule has 2 rings (SSSR count). The number of guanidine groups is 1. The molecule has 0 bridgehead atoms. The zero-order valence-electron chi connectivity index (χ0n) is 17.9. The summed E-state index contributed by atoms with van der Waals surface area (Å²) < 4.78 is 5.80. The smallest absolute Gasteiger partial charge is 0.216 e. The molecule has 0 radical (unpaired) electrons. The van der Waals surface area contributed by atoms with Crippen LogP contribution in [-0.4, -0.2) is 38.1 Å². The van der Waals surface area contributed by atoms with Crippen LogP contribution >= 0.6 is 24.0 Å². The number of benzene rings is 1. The van der Waals surface area contributed by atoms with Gasteiger partial charge in [0.2, 0.25) is 5.89 Å². The minimum Gasteiger partial charge on any atom is -0.443 e. The first-order chi connectivity index (χ1) is 12.8. The quantitative estimate of drug-likeness (QED) is 0.343. The molecular formula is C21H34IN5O. The molecule has 0 saturated carbocycles. The number of anilines is 1. The Morgan fingerprint density at radius 3 is 2.36 bits per heavy atom. The number of nitrogens with zero attached hydrogens (tertiary/aromatic N) is 3. The minimum atomic E-state index is -0.0418. The Labute approximate surface area is 186 Å². The maximum absolute atomic E-state index is 5.80. The molecule has 2 N–H and O–H groups in total. The third kappa shape index (κ3) is 7.69. The van der Waals surface area contributed by atoms with Gasteiger partial charge in [-0.05, 0) is 31.0 Å². The van der Waals surface area contributed by atoms with Gasteiger partial charge in [-0.1, -0.05) is 32.9 Å². The maximum atomic E-state index is 5.80. The van der Waals surface area contributed by atoms with Gasteiger partial charge >= 0.3 is 0 Å². The molecule has 6 nitrogen and oxygen atoms in total. The molecule has 0 saturated heterocycles. The monoisotopic (exact) mass is 499 g/mol. The summed E-state index contributed by atoms with van der Waals surface area (Å²) in [5, 5.41) is 6.64. The Hall–Kier alpha value is -1.77. The number of aromatic nitrogens is 1. The van der Waals surface area contributed by atoms with Crippen molar-refractivity contribution >= 4 is 35.6 Å². The molecule has 2 aromatic rings. The average molecular weight is 499 g/mol. The molecule has 28 heavy (non-hydrogen) atoms. The van der Waals surface area contributed by atoms with Crippen LogP contribution in [-0.2, 0) is 18.4 Å². The molecule has 0 aliphatic heterocycles. The van der Waals surface area contributed by atoms with Crippen molar-refractivity contribution in [3.05, 3.63) is 47.7 Å². The highest BCUT2D eigenvalue weighted by Gasteiger charge is 2.18. The fraction of sp³-hybridized carbons (Fsp3) is 0.524. The molecule has 0 fully saturated rings. The lowest BCUT2D eigenvalue weighted by Crippen LogP contribution is -2.38. The highest BCUT2D eigenvalue weighted by atomic mass is 127. The lowest BCUT2D eigenvalue weighted by atomic mass is 9.94. The molecule has 0 spiro atoms. The third-order valence-electron chi connectivity index (χ3n) is 4.17. The van der Waals surface area contributed by atoms with Crippen LogP contribution in [0.2, 0.25) is 0 Å². The van der Waals surface area contributed by atoms with E-state index in [0.29, 0.717) is 12.4 Å². The van der Waals surface area contributed by atoms with Crippen molar-refractivity contribution < 1.29 is 4.42 Å². The van der Waals surface area contributed by atoms with Crippen molar-refractivity contribution in [2.24, 2.45) is 4.99 Å². The van der Waals surface area contributed by atoms with Gasteiger partial charge in [0.15, 0.2) is 5.96 Å².